The summed E-state index contributed by atoms with van der Waals surface area (Å²) in [5.41, 5.74) is 14.0. The predicted molar refractivity (Wildman–Crippen MR) is 80.9 cm³/mol. The van der Waals surface area contributed by atoms with E-state index in [2.05, 4.69) is 0 Å². The van der Waals surface area contributed by atoms with Crippen LogP contribution in [-0.4, -0.2) is 14.4 Å². The van der Waals surface area contributed by atoms with E-state index in [9.17, 15) is 13.2 Å². The number of nitrogens with one attached hydrogen (secondary N) is 1. The van der Waals surface area contributed by atoms with Gasteiger partial charge in [0, 0.05) is 5.69 Å². The molecule has 0 unspecified atom stereocenters. The topological polar surface area (TPSA) is 115 Å². The van der Waals surface area contributed by atoms with Gasteiger partial charge < -0.3 is 11.5 Å². The van der Waals surface area contributed by atoms with Crippen molar-refractivity contribution in [2.45, 2.75) is 11.8 Å². The molecule has 7 heteroatoms. The number of sulfonamides is 1. The van der Waals surface area contributed by atoms with Gasteiger partial charge in [0.25, 0.3) is 10.0 Å². The van der Waals surface area contributed by atoms with Crippen LogP contribution in [0.25, 0.3) is 11.1 Å². The molecular weight excluding hydrogens is 290 g/mol. The summed E-state index contributed by atoms with van der Waals surface area (Å²) < 4.78 is 25.2. The SMILES string of the molecule is Cc1ccc(-c2ccc(S(=O)(=O)NC(N)=O)cc2)cc1N. The maximum atomic E-state index is 11.8. The molecule has 0 atom stereocenters. The van der Waals surface area contributed by atoms with Gasteiger partial charge in [-0.1, -0.05) is 24.3 Å². The lowest BCUT2D eigenvalue weighted by Crippen LogP contribution is -2.34. The van der Waals surface area contributed by atoms with Gasteiger partial charge in [-0.05, 0) is 41.8 Å². The molecule has 5 N–H and O–H groups in total. The average Bonchev–Trinajstić information content (AvgIpc) is 2.41. The standard InChI is InChI=1S/C14H15N3O3S/c1-9-2-3-11(8-13(9)15)10-4-6-12(7-5-10)21(19,20)17-14(16)18/h2-8H,15H2,1H3,(H3,16,17,18). The van der Waals surface area contributed by atoms with E-state index in [0.717, 1.165) is 16.7 Å². The minimum atomic E-state index is -3.92. The second-order valence-corrected chi connectivity index (χ2v) is 6.25. The van der Waals surface area contributed by atoms with Gasteiger partial charge in [0.1, 0.15) is 0 Å². The largest absolute Gasteiger partial charge is 0.398 e. The number of primary amides is 1. The number of anilines is 1. The summed E-state index contributed by atoms with van der Waals surface area (Å²) in [4.78, 5) is 10.6. The van der Waals surface area contributed by atoms with Crippen molar-refractivity contribution in [1.29, 1.82) is 0 Å². The van der Waals surface area contributed by atoms with Gasteiger partial charge in [0.2, 0.25) is 0 Å². The monoisotopic (exact) mass is 305 g/mol. The van der Waals surface area contributed by atoms with Crippen molar-refractivity contribution in [3.05, 3.63) is 48.0 Å². The number of hydrogen-bond donors (Lipinski definition) is 3. The molecule has 0 bridgehead atoms. The second-order valence-electron chi connectivity index (χ2n) is 4.57. The molecule has 0 heterocycles. The molecule has 2 aromatic rings. The zero-order valence-corrected chi connectivity index (χ0v) is 12.1. The number of carbonyl (C=O) groups excluding carboxylic acids is 1. The van der Waals surface area contributed by atoms with Crippen LogP contribution in [0.2, 0.25) is 0 Å². The van der Waals surface area contributed by atoms with Gasteiger partial charge in [-0.3, -0.25) is 0 Å². The zero-order valence-electron chi connectivity index (χ0n) is 11.3. The fraction of sp³-hybridized carbons (Fsp3) is 0.0714. The summed E-state index contributed by atoms with van der Waals surface area (Å²) >= 11 is 0. The fourth-order valence-corrected chi connectivity index (χ4v) is 2.72. The number of hydrogen-bond acceptors (Lipinski definition) is 4. The Morgan fingerprint density at radius 1 is 1.05 bits per heavy atom. The predicted octanol–water partition coefficient (Wildman–Crippen LogP) is 1.60. The Morgan fingerprint density at radius 3 is 2.14 bits per heavy atom. The van der Waals surface area contributed by atoms with E-state index in [-0.39, 0.29) is 4.90 Å². The summed E-state index contributed by atoms with van der Waals surface area (Å²) in [5.74, 6) is 0. The first-order chi connectivity index (χ1) is 9.79. The number of amides is 2. The molecule has 6 nitrogen and oxygen atoms in total. The number of urea groups is 1. The molecule has 2 aromatic carbocycles. The van der Waals surface area contributed by atoms with E-state index in [4.69, 9.17) is 11.5 Å². The van der Waals surface area contributed by atoms with E-state index in [0.29, 0.717) is 5.69 Å². The maximum Gasteiger partial charge on any atom is 0.326 e. The van der Waals surface area contributed by atoms with Crippen LogP contribution < -0.4 is 16.2 Å². The van der Waals surface area contributed by atoms with E-state index in [1.807, 2.05) is 25.1 Å². The minimum absolute atomic E-state index is 0.0369. The maximum absolute atomic E-state index is 11.8. The first-order valence-corrected chi connectivity index (χ1v) is 7.57. The molecule has 110 valence electrons. The zero-order chi connectivity index (χ0) is 15.6. The second kappa shape index (κ2) is 5.45. The molecule has 0 saturated carbocycles. The van der Waals surface area contributed by atoms with Crippen molar-refractivity contribution in [2.75, 3.05) is 5.73 Å². The fourth-order valence-electron chi connectivity index (χ4n) is 1.84. The molecule has 0 aliphatic heterocycles. The summed E-state index contributed by atoms with van der Waals surface area (Å²) in [7, 11) is -3.92. The Kier molecular flexibility index (Phi) is 3.86. The number of aryl methyl sites for hydroxylation is 1. The Balaban J connectivity index is 2.35. The lowest BCUT2D eigenvalue weighted by atomic mass is 10.0. The molecule has 0 saturated heterocycles. The van der Waals surface area contributed by atoms with Gasteiger partial charge in [0.15, 0.2) is 0 Å². The van der Waals surface area contributed by atoms with Gasteiger partial charge in [0.05, 0.1) is 4.90 Å². The number of nitrogen functional groups attached to an aromatic ring is 1. The third-order valence-electron chi connectivity index (χ3n) is 3.01. The van der Waals surface area contributed by atoms with Crippen molar-refractivity contribution < 1.29 is 13.2 Å². The van der Waals surface area contributed by atoms with Gasteiger partial charge in [-0.15, -0.1) is 0 Å². The van der Waals surface area contributed by atoms with Crippen LogP contribution in [0.3, 0.4) is 0 Å². The van der Waals surface area contributed by atoms with E-state index in [1.54, 1.807) is 16.9 Å². The average molecular weight is 305 g/mol. The first kappa shape index (κ1) is 14.9. The van der Waals surface area contributed by atoms with Crippen molar-refractivity contribution in [1.82, 2.24) is 4.72 Å². The number of carbonyl (C=O) groups is 1. The van der Waals surface area contributed by atoms with E-state index in [1.165, 1.54) is 12.1 Å². The normalized spacial score (nSPS) is 11.1. The van der Waals surface area contributed by atoms with Crippen LogP contribution in [0.1, 0.15) is 5.56 Å². The van der Waals surface area contributed by atoms with E-state index >= 15 is 0 Å². The molecule has 0 radical (unpaired) electrons. The van der Waals surface area contributed by atoms with Gasteiger partial charge in [-0.2, -0.15) is 0 Å². The molecule has 0 spiro atoms. The Morgan fingerprint density at radius 2 is 1.62 bits per heavy atom. The number of benzene rings is 2. The third-order valence-corrected chi connectivity index (χ3v) is 4.37. The Labute approximate surface area is 122 Å². The highest BCUT2D eigenvalue weighted by atomic mass is 32.2. The van der Waals surface area contributed by atoms with Gasteiger partial charge in [-0.25, -0.2) is 17.9 Å². The first-order valence-electron chi connectivity index (χ1n) is 6.08. The van der Waals surface area contributed by atoms with Crippen LogP contribution in [0.5, 0.6) is 0 Å². The van der Waals surface area contributed by atoms with Crippen molar-refractivity contribution in [2.24, 2.45) is 5.73 Å². The van der Waals surface area contributed by atoms with Crippen molar-refractivity contribution in [3.63, 3.8) is 0 Å². The highest BCUT2D eigenvalue weighted by Gasteiger charge is 2.15. The van der Waals surface area contributed by atoms with Gasteiger partial charge >= 0.3 is 6.03 Å². The molecule has 2 amide bonds. The van der Waals surface area contributed by atoms with Crippen LogP contribution >= 0.6 is 0 Å². The quantitative estimate of drug-likeness (QED) is 0.747. The van der Waals surface area contributed by atoms with Crippen molar-refractivity contribution >= 4 is 21.7 Å². The van der Waals surface area contributed by atoms with Crippen LogP contribution in [-0.2, 0) is 10.0 Å². The molecule has 0 aliphatic rings. The molecule has 21 heavy (non-hydrogen) atoms. The molecule has 0 aromatic heterocycles. The highest BCUT2D eigenvalue weighted by molar-refractivity contribution is 7.90. The van der Waals surface area contributed by atoms with E-state index < -0.39 is 16.1 Å². The van der Waals surface area contributed by atoms with Crippen LogP contribution in [0.15, 0.2) is 47.4 Å². The smallest absolute Gasteiger partial charge is 0.326 e. The molecule has 2 rings (SSSR count). The highest BCUT2D eigenvalue weighted by Crippen LogP contribution is 2.24. The molecule has 0 fully saturated rings. The van der Waals surface area contributed by atoms with Crippen LogP contribution in [0.4, 0.5) is 10.5 Å². The van der Waals surface area contributed by atoms with Crippen molar-refractivity contribution in [3.8, 4) is 11.1 Å². The number of nitrogens with two attached hydrogens (primary N) is 2. The third kappa shape index (κ3) is 3.32. The lowest BCUT2D eigenvalue weighted by molar-refractivity contribution is 0.253. The lowest BCUT2D eigenvalue weighted by Gasteiger charge is -2.07. The summed E-state index contributed by atoms with van der Waals surface area (Å²) in [6, 6.07) is 10.6. The summed E-state index contributed by atoms with van der Waals surface area (Å²) in [5, 5.41) is 0. The minimum Gasteiger partial charge on any atom is -0.398 e. The Hall–Kier alpha value is -2.54. The Bertz CT molecular complexity index is 784. The molecular formula is C14H15N3O3S. The summed E-state index contributed by atoms with van der Waals surface area (Å²) in [6.45, 7) is 1.91. The van der Waals surface area contributed by atoms with Crippen LogP contribution in [0, 0.1) is 6.92 Å². The molecule has 0 aliphatic carbocycles. The number of rotatable bonds is 3. The summed E-state index contributed by atoms with van der Waals surface area (Å²) in [6.07, 6.45) is 0.